The van der Waals surface area contributed by atoms with Gasteiger partial charge >= 0.3 is 11.9 Å². The van der Waals surface area contributed by atoms with Crippen molar-refractivity contribution in [2.45, 2.75) is 26.7 Å². The number of esters is 2. The Labute approximate surface area is 172 Å². The van der Waals surface area contributed by atoms with Crippen LogP contribution in [0, 0.1) is 13.8 Å². The van der Waals surface area contributed by atoms with E-state index in [1.165, 1.54) is 18.4 Å². The summed E-state index contributed by atoms with van der Waals surface area (Å²) in [6.07, 6.45) is 3.90. The number of aromatic amines is 1. The topological polar surface area (TPSA) is 99.1 Å². The smallest absolute Gasteiger partial charge is 0.347 e. The number of methoxy groups -OCH3 is 1. The highest BCUT2D eigenvalue weighted by molar-refractivity contribution is 7.16. The van der Waals surface area contributed by atoms with E-state index in [0.29, 0.717) is 21.9 Å². The number of anilines is 2. The van der Waals surface area contributed by atoms with Crippen LogP contribution in [-0.2, 0) is 14.3 Å². The minimum Gasteiger partial charge on any atom is -0.465 e. The highest BCUT2D eigenvalue weighted by Crippen LogP contribution is 2.32. The van der Waals surface area contributed by atoms with Crippen molar-refractivity contribution in [1.29, 1.82) is 0 Å². The Balaban J connectivity index is 1.66. The maximum absolute atomic E-state index is 12.5. The van der Waals surface area contributed by atoms with E-state index in [0.717, 1.165) is 36.4 Å². The van der Waals surface area contributed by atoms with Gasteiger partial charge in [-0.2, -0.15) is 0 Å². The Hall–Kier alpha value is -2.94. The van der Waals surface area contributed by atoms with Crippen molar-refractivity contribution in [2.24, 2.45) is 0 Å². The summed E-state index contributed by atoms with van der Waals surface area (Å²) in [6, 6.07) is 3.39. The van der Waals surface area contributed by atoms with E-state index < -0.39 is 24.5 Å². The molecule has 2 aromatic heterocycles. The summed E-state index contributed by atoms with van der Waals surface area (Å²) in [5, 5.41) is 3.03. The molecule has 0 bridgehead atoms. The lowest BCUT2D eigenvalue weighted by Gasteiger charge is -2.12. The number of nitrogens with one attached hydrogen (secondary N) is 2. The van der Waals surface area contributed by atoms with Crippen molar-refractivity contribution in [3.8, 4) is 0 Å². The van der Waals surface area contributed by atoms with E-state index in [4.69, 9.17) is 9.47 Å². The van der Waals surface area contributed by atoms with Gasteiger partial charge in [-0.3, -0.25) is 9.69 Å². The standard InChI is InChI=1S/C20H23N3O5S/c1-12-13(2)29-18(16(12)20(26)27-3)22-15(24)11-28-19(25)14-7-6-8-21-17(14)23-9-4-5-10-23/h6-8H,4-5,9-11H2,1-3H3,(H,22,24)/p+1. The van der Waals surface area contributed by atoms with Crippen molar-refractivity contribution in [3.63, 3.8) is 0 Å². The second-order valence-electron chi connectivity index (χ2n) is 6.73. The predicted molar refractivity (Wildman–Crippen MR) is 108 cm³/mol. The number of thiophene rings is 1. The van der Waals surface area contributed by atoms with Gasteiger partial charge in [0.15, 0.2) is 6.61 Å². The number of carbonyl (C=O) groups is 3. The zero-order valence-corrected chi connectivity index (χ0v) is 17.5. The molecule has 0 aromatic carbocycles. The Morgan fingerprint density at radius 1 is 1.21 bits per heavy atom. The van der Waals surface area contributed by atoms with Crippen molar-refractivity contribution in [2.75, 3.05) is 37.0 Å². The van der Waals surface area contributed by atoms with Gasteiger partial charge in [-0.05, 0) is 44.4 Å². The van der Waals surface area contributed by atoms with E-state index in [-0.39, 0.29) is 0 Å². The van der Waals surface area contributed by atoms with Gasteiger partial charge < -0.3 is 14.8 Å². The van der Waals surface area contributed by atoms with Crippen LogP contribution in [0.15, 0.2) is 18.3 Å². The quantitative estimate of drug-likeness (QED) is 0.723. The number of aromatic nitrogens is 1. The maximum Gasteiger partial charge on any atom is 0.347 e. The lowest BCUT2D eigenvalue weighted by Crippen LogP contribution is -2.29. The van der Waals surface area contributed by atoms with Gasteiger partial charge in [-0.1, -0.05) is 0 Å². The molecule has 0 aliphatic carbocycles. The van der Waals surface area contributed by atoms with Gasteiger partial charge in [0.25, 0.3) is 11.7 Å². The molecule has 0 radical (unpaired) electrons. The van der Waals surface area contributed by atoms with Gasteiger partial charge in [0.05, 0.1) is 32.0 Å². The molecule has 1 fully saturated rings. The molecule has 1 amide bonds. The minimum atomic E-state index is -0.578. The zero-order valence-electron chi connectivity index (χ0n) is 16.7. The van der Waals surface area contributed by atoms with Crippen LogP contribution >= 0.6 is 11.3 Å². The Kier molecular flexibility index (Phi) is 6.48. The molecule has 0 spiro atoms. The van der Waals surface area contributed by atoms with Crippen LogP contribution < -0.4 is 15.2 Å². The molecule has 1 saturated heterocycles. The van der Waals surface area contributed by atoms with Crippen LogP contribution in [0.3, 0.4) is 0 Å². The summed E-state index contributed by atoms with van der Waals surface area (Å²) in [5.41, 5.74) is 1.47. The fourth-order valence-corrected chi connectivity index (χ4v) is 4.29. The van der Waals surface area contributed by atoms with Crippen LogP contribution in [0.2, 0.25) is 0 Å². The summed E-state index contributed by atoms with van der Waals surface area (Å²) in [5.74, 6) is -0.917. The van der Waals surface area contributed by atoms with Crippen molar-refractivity contribution < 1.29 is 28.8 Å². The Morgan fingerprint density at radius 3 is 2.62 bits per heavy atom. The molecule has 154 valence electrons. The Bertz CT molecular complexity index is 934. The van der Waals surface area contributed by atoms with Crippen LogP contribution in [0.5, 0.6) is 0 Å². The molecule has 2 N–H and O–H groups in total. The van der Waals surface area contributed by atoms with E-state index in [9.17, 15) is 14.4 Å². The van der Waals surface area contributed by atoms with E-state index >= 15 is 0 Å². The number of nitrogens with zero attached hydrogens (tertiary/aromatic N) is 1. The molecule has 1 aliphatic rings. The average Bonchev–Trinajstić information content (AvgIpc) is 3.34. The van der Waals surface area contributed by atoms with Crippen LogP contribution in [0.4, 0.5) is 10.8 Å². The molecule has 29 heavy (non-hydrogen) atoms. The molecule has 3 rings (SSSR count). The van der Waals surface area contributed by atoms with Gasteiger partial charge in [0.2, 0.25) is 0 Å². The summed E-state index contributed by atoms with van der Waals surface area (Å²) in [4.78, 5) is 43.0. The summed E-state index contributed by atoms with van der Waals surface area (Å²) in [7, 11) is 1.29. The highest BCUT2D eigenvalue weighted by atomic mass is 32.1. The van der Waals surface area contributed by atoms with Gasteiger partial charge in [0.1, 0.15) is 10.6 Å². The summed E-state index contributed by atoms with van der Waals surface area (Å²) >= 11 is 1.28. The first-order valence-corrected chi connectivity index (χ1v) is 10.1. The number of H-pyrrole nitrogens is 1. The largest absolute Gasteiger partial charge is 0.465 e. The monoisotopic (exact) mass is 418 g/mol. The second kappa shape index (κ2) is 9.04. The normalized spacial score (nSPS) is 13.3. The van der Waals surface area contributed by atoms with Crippen LogP contribution in [0.1, 0.15) is 44.0 Å². The highest BCUT2D eigenvalue weighted by Gasteiger charge is 2.28. The number of hydrogen-bond acceptors (Lipinski definition) is 7. The SMILES string of the molecule is COC(=O)c1c(NC(=O)COC(=O)c2ccc[nH+]c2N2CCCC2)sc(C)c1C. The number of carbonyl (C=O) groups excluding carboxylic acids is 3. The molecule has 0 saturated carbocycles. The number of aryl methyl sites for hydroxylation is 1. The van der Waals surface area contributed by atoms with Crippen molar-refractivity contribution >= 4 is 40.0 Å². The second-order valence-corrected chi connectivity index (χ2v) is 7.95. The fourth-order valence-electron chi connectivity index (χ4n) is 3.23. The first-order valence-electron chi connectivity index (χ1n) is 9.33. The lowest BCUT2D eigenvalue weighted by molar-refractivity contribution is -0.364. The van der Waals surface area contributed by atoms with Crippen molar-refractivity contribution in [1.82, 2.24) is 0 Å². The summed E-state index contributed by atoms with van der Waals surface area (Å²) < 4.78 is 10.0. The van der Waals surface area contributed by atoms with Gasteiger partial charge in [0, 0.05) is 4.88 Å². The third-order valence-electron chi connectivity index (χ3n) is 4.84. The Morgan fingerprint density at radius 2 is 1.93 bits per heavy atom. The third-order valence-corrected chi connectivity index (χ3v) is 5.96. The molecular formula is C20H24N3O5S+. The molecular weight excluding hydrogens is 394 g/mol. The molecule has 0 atom stereocenters. The van der Waals surface area contributed by atoms with Crippen LogP contribution in [0.25, 0.3) is 0 Å². The predicted octanol–water partition coefficient (Wildman–Crippen LogP) is 2.36. The van der Waals surface area contributed by atoms with Gasteiger partial charge in [-0.15, -0.1) is 11.3 Å². The van der Waals surface area contributed by atoms with E-state index in [1.54, 1.807) is 25.3 Å². The first kappa shape index (κ1) is 20.8. The van der Waals surface area contributed by atoms with Crippen molar-refractivity contribution in [3.05, 3.63) is 39.9 Å². The molecule has 9 heteroatoms. The lowest BCUT2D eigenvalue weighted by atomic mass is 10.1. The fraction of sp³-hybridized carbons (Fsp3) is 0.400. The molecule has 8 nitrogen and oxygen atoms in total. The minimum absolute atomic E-state index is 0.323. The average molecular weight is 418 g/mol. The number of amides is 1. The third kappa shape index (κ3) is 4.56. The number of hydrogen-bond donors (Lipinski definition) is 1. The molecule has 2 aromatic rings. The van der Waals surface area contributed by atoms with Crippen LogP contribution in [-0.4, -0.2) is 44.7 Å². The maximum atomic E-state index is 12.5. The number of rotatable bonds is 6. The number of ether oxygens (including phenoxy) is 2. The zero-order chi connectivity index (χ0) is 21.0. The molecule has 3 heterocycles. The van der Waals surface area contributed by atoms with E-state index in [2.05, 4.69) is 15.2 Å². The molecule has 1 aliphatic heterocycles. The van der Waals surface area contributed by atoms with E-state index in [1.807, 2.05) is 6.92 Å². The molecule has 0 unspecified atom stereocenters. The number of pyridine rings is 1. The summed E-state index contributed by atoms with van der Waals surface area (Å²) in [6.45, 7) is 4.93. The van der Waals surface area contributed by atoms with Gasteiger partial charge in [-0.25, -0.2) is 14.6 Å². The first-order chi connectivity index (χ1) is 13.9.